The maximum Gasteiger partial charge on any atom is 0.319 e. The molecular formula is C29H26ClN3O4S. The van der Waals surface area contributed by atoms with Gasteiger partial charge in [0.15, 0.2) is 9.84 Å². The first-order chi connectivity index (χ1) is 18.2. The highest BCUT2D eigenvalue weighted by Gasteiger charge is 2.22. The van der Waals surface area contributed by atoms with E-state index in [1.807, 2.05) is 30.3 Å². The van der Waals surface area contributed by atoms with E-state index in [1.165, 1.54) is 6.26 Å². The van der Waals surface area contributed by atoms with Gasteiger partial charge in [-0.1, -0.05) is 72.3 Å². The van der Waals surface area contributed by atoms with E-state index in [0.717, 1.165) is 5.56 Å². The van der Waals surface area contributed by atoms with Gasteiger partial charge in [0.05, 0.1) is 4.90 Å². The van der Waals surface area contributed by atoms with Gasteiger partial charge in [0.2, 0.25) is 5.91 Å². The van der Waals surface area contributed by atoms with Crippen LogP contribution in [-0.4, -0.2) is 32.7 Å². The van der Waals surface area contributed by atoms with Gasteiger partial charge >= 0.3 is 6.03 Å². The standard InChI is InChI=1S/C29H26ClN3O4S/c1-38(36,37)27-10-6-5-9-25(27)21-11-15-23(16-12-21)31-28(34)26(19-20-7-3-2-4-8-20)33-29(35)32-24-17-13-22(30)14-18-24/h2-18,26H,19H2,1H3,(H,31,34)(H2,32,33,35)/t26-/m0/s1. The zero-order valence-corrected chi connectivity index (χ0v) is 22.1. The summed E-state index contributed by atoms with van der Waals surface area (Å²) in [5, 5.41) is 8.85. The van der Waals surface area contributed by atoms with Gasteiger partial charge in [-0.05, 0) is 53.6 Å². The average molecular weight is 548 g/mol. The van der Waals surface area contributed by atoms with Crippen LogP contribution >= 0.6 is 11.6 Å². The predicted molar refractivity (Wildman–Crippen MR) is 151 cm³/mol. The third-order valence-corrected chi connectivity index (χ3v) is 7.16. The Morgan fingerprint density at radius 3 is 2.00 bits per heavy atom. The number of nitrogens with one attached hydrogen (secondary N) is 3. The minimum absolute atomic E-state index is 0.232. The first-order valence-corrected chi connectivity index (χ1v) is 14.0. The molecule has 0 aromatic heterocycles. The molecule has 1 atom stereocenters. The number of halogens is 1. The molecule has 3 N–H and O–H groups in total. The van der Waals surface area contributed by atoms with Crippen molar-refractivity contribution in [3.8, 4) is 11.1 Å². The molecule has 0 aliphatic rings. The number of hydrogen-bond donors (Lipinski definition) is 3. The van der Waals surface area contributed by atoms with Gasteiger partial charge in [-0.2, -0.15) is 0 Å². The molecule has 38 heavy (non-hydrogen) atoms. The van der Waals surface area contributed by atoms with Crippen LogP contribution < -0.4 is 16.0 Å². The lowest BCUT2D eigenvalue weighted by atomic mass is 10.0. The van der Waals surface area contributed by atoms with E-state index < -0.39 is 27.8 Å². The molecule has 0 heterocycles. The second-order valence-electron chi connectivity index (χ2n) is 8.68. The topological polar surface area (TPSA) is 104 Å². The average Bonchev–Trinajstić information content (AvgIpc) is 2.90. The van der Waals surface area contributed by atoms with Crippen molar-refractivity contribution in [2.75, 3.05) is 16.9 Å². The Morgan fingerprint density at radius 2 is 1.34 bits per heavy atom. The van der Waals surface area contributed by atoms with Crippen molar-refractivity contribution < 1.29 is 18.0 Å². The summed E-state index contributed by atoms with van der Waals surface area (Å²) >= 11 is 5.91. The molecule has 0 saturated carbocycles. The molecule has 0 bridgehead atoms. The van der Waals surface area contributed by atoms with Crippen molar-refractivity contribution in [1.82, 2.24) is 5.32 Å². The molecule has 0 fully saturated rings. The summed E-state index contributed by atoms with van der Waals surface area (Å²) in [4.78, 5) is 26.2. The van der Waals surface area contributed by atoms with E-state index in [-0.39, 0.29) is 11.3 Å². The zero-order valence-electron chi connectivity index (χ0n) is 20.5. The molecule has 7 nitrogen and oxygen atoms in total. The Labute approximate surface area is 226 Å². The number of carbonyl (C=O) groups excluding carboxylic acids is 2. The van der Waals surface area contributed by atoms with E-state index in [0.29, 0.717) is 27.5 Å². The molecule has 3 amide bonds. The number of amides is 3. The maximum absolute atomic E-state index is 13.2. The smallest absolute Gasteiger partial charge is 0.319 e. The largest absolute Gasteiger partial charge is 0.326 e. The van der Waals surface area contributed by atoms with Gasteiger partial charge in [-0.3, -0.25) is 4.79 Å². The van der Waals surface area contributed by atoms with Gasteiger partial charge in [0, 0.05) is 34.6 Å². The van der Waals surface area contributed by atoms with Gasteiger partial charge in [0.25, 0.3) is 0 Å². The van der Waals surface area contributed by atoms with Crippen LogP contribution in [0.25, 0.3) is 11.1 Å². The van der Waals surface area contributed by atoms with E-state index in [2.05, 4.69) is 16.0 Å². The van der Waals surface area contributed by atoms with Gasteiger partial charge < -0.3 is 16.0 Å². The summed E-state index contributed by atoms with van der Waals surface area (Å²) in [7, 11) is -3.41. The molecule has 4 aromatic rings. The highest BCUT2D eigenvalue weighted by molar-refractivity contribution is 7.90. The molecule has 4 aromatic carbocycles. The van der Waals surface area contributed by atoms with Crippen LogP contribution in [0.15, 0.2) is 108 Å². The highest BCUT2D eigenvalue weighted by Crippen LogP contribution is 2.28. The zero-order chi connectivity index (χ0) is 27.1. The molecule has 0 radical (unpaired) electrons. The van der Waals surface area contributed by atoms with E-state index >= 15 is 0 Å². The first-order valence-electron chi connectivity index (χ1n) is 11.8. The lowest BCUT2D eigenvalue weighted by Gasteiger charge is -2.19. The Balaban J connectivity index is 1.50. The number of anilines is 2. The van der Waals surface area contributed by atoms with Gasteiger partial charge in [0.1, 0.15) is 6.04 Å². The summed E-state index contributed by atoms with van der Waals surface area (Å²) in [5.41, 5.74) is 3.21. The number of rotatable bonds is 8. The van der Waals surface area contributed by atoms with E-state index in [9.17, 15) is 18.0 Å². The molecule has 0 saturated heterocycles. The van der Waals surface area contributed by atoms with Crippen LogP contribution in [0, 0.1) is 0 Å². The summed E-state index contributed by atoms with van der Waals surface area (Å²) < 4.78 is 24.4. The van der Waals surface area contributed by atoms with Crippen LogP contribution in [-0.2, 0) is 21.1 Å². The van der Waals surface area contributed by atoms with Crippen molar-refractivity contribution in [3.63, 3.8) is 0 Å². The third kappa shape index (κ3) is 7.21. The van der Waals surface area contributed by atoms with Crippen LogP contribution in [0.5, 0.6) is 0 Å². The van der Waals surface area contributed by atoms with Crippen LogP contribution in [0.4, 0.5) is 16.2 Å². The maximum atomic E-state index is 13.2. The van der Waals surface area contributed by atoms with Crippen molar-refractivity contribution in [2.45, 2.75) is 17.4 Å². The predicted octanol–water partition coefficient (Wildman–Crippen LogP) is 5.78. The van der Waals surface area contributed by atoms with Gasteiger partial charge in [-0.15, -0.1) is 0 Å². The van der Waals surface area contributed by atoms with Gasteiger partial charge in [-0.25, -0.2) is 13.2 Å². The van der Waals surface area contributed by atoms with Crippen molar-refractivity contribution in [3.05, 3.63) is 114 Å². The molecule has 9 heteroatoms. The minimum Gasteiger partial charge on any atom is -0.326 e. The third-order valence-electron chi connectivity index (χ3n) is 5.76. The molecule has 194 valence electrons. The summed E-state index contributed by atoms with van der Waals surface area (Å²) in [6.45, 7) is 0. The monoisotopic (exact) mass is 547 g/mol. The molecule has 0 unspecified atom stereocenters. The second kappa shape index (κ2) is 11.9. The number of benzene rings is 4. The van der Waals surface area contributed by atoms with Crippen LogP contribution in [0.2, 0.25) is 5.02 Å². The first kappa shape index (κ1) is 26.9. The quantitative estimate of drug-likeness (QED) is 0.260. The van der Waals surface area contributed by atoms with E-state index in [4.69, 9.17) is 11.6 Å². The van der Waals surface area contributed by atoms with Crippen molar-refractivity contribution in [1.29, 1.82) is 0 Å². The minimum atomic E-state index is -3.41. The van der Waals surface area contributed by atoms with Crippen molar-refractivity contribution >= 4 is 44.8 Å². The fourth-order valence-electron chi connectivity index (χ4n) is 3.91. The number of carbonyl (C=O) groups is 2. The summed E-state index contributed by atoms with van der Waals surface area (Å²) in [6.07, 6.45) is 1.45. The van der Waals surface area contributed by atoms with Crippen LogP contribution in [0.1, 0.15) is 5.56 Å². The Hall–Kier alpha value is -4.14. The Bertz CT molecular complexity index is 1520. The Kier molecular flexibility index (Phi) is 8.45. The number of hydrogen-bond acceptors (Lipinski definition) is 4. The Morgan fingerprint density at radius 1 is 0.763 bits per heavy atom. The van der Waals surface area contributed by atoms with Crippen molar-refractivity contribution in [2.24, 2.45) is 0 Å². The van der Waals surface area contributed by atoms with Crippen LogP contribution in [0.3, 0.4) is 0 Å². The molecule has 0 aliphatic heterocycles. The lowest BCUT2D eigenvalue weighted by Crippen LogP contribution is -2.46. The molecule has 0 aliphatic carbocycles. The SMILES string of the molecule is CS(=O)(=O)c1ccccc1-c1ccc(NC(=O)[C@H](Cc2ccccc2)NC(=O)Nc2ccc(Cl)cc2)cc1. The second-order valence-corrected chi connectivity index (χ2v) is 11.1. The fraction of sp³-hybridized carbons (Fsp3) is 0.103. The number of urea groups is 1. The molecule has 0 spiro atoms. The normalized spacial score (nSPS) is 11.8. The van der Waals surface area contributed by atoms with E-state index in [1.54, 1.807) is 72.8 Å². The summed E-state index contributed by atoms with van der Waals surface area (Å²) in [6, 6.07) is 28.2. The highest BCUT2D eigenvalue weighted by atomic mass is 35.5. The molecule has 4 rings (SSSR count). The fourth-order valence-corrected chi connectivity index (χ4v) is 4.95. The lowest BCUT2D eigenvalue weighted by molar-refractivity contribution is -0.117. The molecular weight excluding hydrogens is 522 g/mol. The summed E-state index contributed by atoms with van der Waals surface area (Å²) in [5.74, 6) is -0.399. The number of sulfone groups is 1.